The predicted molar refractivity (Wildman–Crippen MR) is 74.9 cm³/mol. The molecule has 5 nitrogen and oxygen atoms in total. The molecule has 1 amide bonds. The van der Waals surface area contributed by atoms with Crippen molar-refractivity contribution in [3.05, 3.63) is 16.3 Å². The van der Waals surface area contributed by atoms with Gasteiger partial charge in [0.05, 0.1) is 9.77 Å². The maximum Gasteiger partial charge on any atom is 0.261 e. The minimum absolute atomic E-state index is 0.0297. The van der Waals surface area contributed by atoms with Crippen molar-refractivity contribution in [2.24, 2.45) is 0 Å². The molecule has 0 aromatic carbocycles. The summed E-state index contributed by atoms with van der Waals surface area (Å²) in [6.07, 6.45) is 5.11. The molecule has 1 aliphatic rings. The number of nitrogens with one attached hydrogen (secondary N) is 2. The van der Waals surface area contributed by atoms with Crippen LogP contribution in [0.25, 0.3) is 0 Å². The van der Waals surface area contributed by atoms with Gasteiger partial charge >= 0.3 is 0 Å². The third kappa shape index (κ3) is 3.55. The Bertz CT molecular complexity index is 545. The monoisotopic (exact) mass is 302 g/mol. The van der Waals surface area contributed by atoms with E-state index in [1.165, 1.54) is 24.9 Å². The molecular formula is C12H18N2O3S2. The molecule has 7 heteroatoms. The van der Waals surface area contributed by atoms with Crippen molar-refractivity contribution in [1.29, 1.82) is 0 Å². The van der Waals surface area contributed by atoms with Gasteiger partial charge in [-0.1, -0.05) is 19.3 Å². The van der Waals surface area contributed by atoms with Gasteiger partial charge in [0, 0.05) is 18.5 Å². The molecule has 0 radical (unpaired) electrons. The summed E-state index contributed by atoms with van der Waals surface area (Å²) in [5.41, 5.74) is 0. The number of thiophene rings is 1. The zero-order valence-corrected chi connectivity index (χ0v) is 12.4. The smallest absolute Gasteiger partial charge is 0.261 e. The van der Waals surface area contributed by atoms with Crippen LogP contribution in [0.4, 0.5) is 0 Å². The Balaban J connectivity index is 2.10. The Hall–Kier alpha value is -0.920. The normalized spacial score (nSPS) is 17.3. The largest absolute Gasteiger partial charge is 0.354 e. The van der Waals surface area contributed by atoms with E-state index in [0.717, 1.165) is 37.0 Å². The molecule has 1 fully saturated rings. The Morgan fingerprint density at radius 1 is 1.32 bits per heavy atom. The number of carbonyl (C=O) groups is 1. The van der Waals surface area contributed by atoms with Crippen LogP contribution < -0.4 is 10.0 Å². The average molecular weight is 302 g/mol. The zero-order chi connectivity index (χ0) is 13.9. The second-order valence-electron chi connectivity index (χ2n) is 4.68. The Morgan fingerprint density at radius 3 is 2.63 bits per heavy atom. The average Bonchev–Trinajstić information content (AvgIpc) is 2.89. The molecule has 1 heterocycles. The van der Waals surface area contributed by atoms with Gasteiger partial charge in [-0.2, -0.15) is 0 Å². The number of hydrogen-bond donors (Lipinski definition) is 2. The number of hydrogen-bond acceptors (Lipinski definition) is 4. The fourth-order valence-electron chi connectivity index (χ4n) is 2.21. The number of amides is 1. The van der Waals surface area contributed by atoms with Crippen LogP contribution >= 0.6 is 11.3 Å². The lowest BCUT2D eigenvalue weighted by atomic mass is 9.96. The molecule has 0 spiro atoms. The second kappa shape index (κ2) is 6.02. The maximum atomic E-state index is 12.2. The van der Waals surface area contributed by atoms with Gasteiger partial charge in [-0.15, -0.1) is 11.3 Å². The summed E-state index contributed by atoms with van der Waals surface area (Å²) in [6, 6.07) is 1.45. The quantitative estimate of drug-likeness (QED) is 0.889. The molecule has 1 saturated carbocycles. The van der Waals surface area contributed by atoms with Gasteiger partial charge in [0.25, 0.3) is 5.91 Å². The molecular weight excluding hydrogens is 284 g/mol. The van der Waals surface area contributed by atoms with Gasteiger partial charge < -0.3 is 5.32 Å². The molecule has 2 N–H and O–H groups in total. The van der Waals surface area contributed by atoms with E-state index >= 15 is 0 Å². The SMILES string of the molecule is CNC(=O)c1cc(S(=O)(=O)NC2CCCCC2)cs1. The molecule has 0 unspecified atom stereocenters. The molecule has 1 aromatic heterocycles. The first kappa shape index (κ1) is 14.5. The summed E-state index contributed by atoms with van der Waals surface area (Å²) < 4.78 is 27.1. The summed E-state index contributed by atoms with van der Waals surface area (Å²) in [4.78, 5) is 12.0. The van der Waals surface area contributed by atoms with Crippen molar-refractivity contribution in [3.63, 3.8) is 0 Å². The molecule has 0 saturated heterocycles. The standard InChI is InChI=1S/C12H18N2O3S2/c1-13-12(15)11-7-10(8-18-11)19(16,17)14-9-5-3-2-4-6-9/h7-9,14H,2-6H2,1H3,(H,13,15). The second-order valence-corrected chi connectivity index (χ2v) is 7.31. The third-order valence-corrected chi connectivity index (χ3v) is 5.84. The highest BCUT2D eigenvalue weighted by Gasteiger charge is 2.23. The van der Waals surface area contributed by atoms with Gasteiger partial charge in [-0.25, -0.2) is 13.1 Å². The van der Waals surface area contributed by atoms with E-state index in [1.54, 1.807) is 0 Å². The molecule has 0 aliphatic heterocycles. The predicted octanol–water partition coefficient (Wildman–Crippen LogP) is 1.72. The Morgan fingerprint density at radius 2 is 2.00 bits per heavy atom. The first-order valence-electron chi connectivity index (χ1n) is 6.36. The summed E-state index contributed by atoms with van der Waals surface area (Å²) in [6.45, 7) is 0. The van der Waals surface area contributed by atoms with Crippen molar-refractivity contribution in [1.82, 2.24) is 10.0 Å². The highest BCUT2D eigenvalue weighted by molar-refractivity contribution is 7.89. The Kier molecular flexibility index (Phi) is 4.59. The third-order valence-electron chi connectivity index (χ3n) is 3.26. The van der Waals surface area contributed by atoms with E-state index in [0.29, 0.717) is 4.88 Å². The van der Waals surface area contributed by atoms with Crippen LogP contribution in [-0.2, 0) is 10.0 Å². The van der Waals surface area contributed by atoms with Crippen LogP contribution in [0.1, 0.15) is 41.8 Å². The number of sulfonamides is 1. The summed E-state index contributed by atoms with van der Waals surface area (Å²) >= 11 is 1.14. The summed E-state index contributed by atoms with van der Waals surface area (Å²) in [7, 11) is -1.98. The lowest BCUT2D eigenvalue weighted by molar-refractivity contribution is 0.0967. The highest BCUT2D eigenvalue weighted by Crippen LogP contribution is 2.22. The van der Waals surface area contributed by atoms with Crippen LogP contribution in [0.5, 0.6) is 0 Å². The molecule has 0 bridgehead atoms. The molecule has 2 rings (SSSR count). The first-order valence-corrected chi connectivity index (χ1v) is 8.72. The fraction of sp³-hybridized carbons (Fsp3) is 0.583. The maximum absolute atomic E-state index is 12.2. The van der Waals surface area contributed by atoms with Crippen LogP contribution in [0.15, 0.2) is 16.3 Å². The van der Waals surface area contributed by atoms with Crippen LogP contribution in [0, 0.1) is 0 Å². The van der Waals surface area contributed by atoms with E-state index in [1.807, 2.05) is 0 Å². The molecule has 1 aliphatic carbocycles. The topological polar surface area (TPSA) is 75.3 Å². The lowest BCUT2D eigenvalue weighted by Gasteiger charge is -2.22. The summed E-state index contributed by atoms with van der Waals surface area (Å²) in [5, 5.41) is 3.99. The summed E-state index contributed by atoms with van der Waals surface area (Å²) in [5.74, 6) is -0.260. The Labute approximate surface area is 117 Å². The van der Waals surface area contributed by atoms with Gasteiger partial charge in [0.1, 0.15) is 0 Å². The highest BCUT2D eigenvalue weighted by atomic mass is 32.2. The van der Waals surface area contributed by atoms with Gasteiger partial charge in [-0.3, -0.25) is 4.79 Å². The van der Waals surface area contributed by atoms with E-state index < -0.39 is 10.0 Å². The van der Waals surface area contributed by atoms with Crippen LogP contribution in [0.3, 0.4) is 0 Å². The molecule has 106 valence electrons. The fourth-order valence-corrected chi connectivity index (χ4v) is 4.73. The van der Waals surface area contributed by atoms with Gasteiger partial charge in [-0.05, 0) is 18.9 Å². The van der Waals surface area contributed by atoms with Crippen molar-refractivity contribution >= 4 is 27.3 Å². The van der Waals surface area contributed by atoms with Crippen molar-refractivity contribution in [2.45, 2.75) is 43.0 Å². The molecule has 0 atom stereocenters. The minimum Gasteiger partial charge on any atom is -0.354 e. The molecule has 19 heavy (non-hydrogen) atoms. The lowest BCUT2D eigenvalue weighted by Crippen LogP contribution is -2.35. The van der Waals surface area contributed by atoms with Gasteiger partial charge in [0.15, 0.2) is 0 Å². The van der Waals surface area contributed by atoms with Crippen molar-refractivity contribution < 1.29 is 13.2 Å². The zero-order valence-electron chi connectivity index (χ0n) is 10.8. The first-order chi connectivity index (χ1) is 9.03. The molecule has 1 aromatic rings. The minimum atomic E-state index is -3.50. The number of rotatable bonds is 4. The van der Waals surface area contributed by atoms with Crippen LogP contribution in [-0.4, -0.2) is 27.4 Å². The van der Waals surface area contributed by atoms with Crippen molar-refractivity contribution in [3.8, 4) is 0 Å². The van der Waals surface area contributed by atoms with E-state index in [4.69, 9.17) is 0 Å². The van der Waals surface area contributed by atoms with E-state index in [2.05, 4.69) is 10.0 Å². The van der Waals surface area contributed by atoms with Gasteiger partial charge in [0.2, 0.25) is 10.0 Å². The van der Waals surface area contributed by atoms with E-state index in [-0.39, 0.29) is 16.8 Å². The number of carbonyl (C=O) groups excluding carboxylic acids is 1. The van der Waals surface area contributed by atoms with E-state index in [9.17, 15) is 13.2 Å². The van der Waals surface area contributed by atoms with Crippen LogP contribution in [0.2, 0.25) is 0 Å². The van der Waals surface area contributed by atoms with Crippen molar-refractivity contribution in [2.75, 3.05) is 7.05 Å².